The van der Waals surface area contributed by atoms with Crippen LogP contribution in [0.5, 0.6) is 0 Å². The number of nitrogens with one attached hydrogen (secondary N) is 1. The topological polar surface area (TPSA) is 55.4 Å². The van der Waals surface area contributed by atoms with Gasteiger partial charge in [-0.3, -0.25) is 4.79 Å². The van der Waals surface area contributed by atoms with Crippen LogP contribution in [0, 0.1) is 11.7 Å². The molecule has 0 unspecified atom stereocenters. The molecule has 6 heteroatoms. The first-order chi connectivity index (χ1) is 12.0. The molecule has 0 saturated carbocycles. The first kappa shape index (κ1) is 17.6. The molecule has 1 aliphatic carbocycles. The minimum Gasteiger partial charge on any atom is -0.465 e. The molecule has 0 radical (unpaired) electrons. The number of carbonyl (C=O) groups is 2. The number of hydrogen-bond acceptors (Lipinski definition) is 4. The molecule has 0 saturated heterocycles. The molecule has 0 bridgehead atoms. The van der Waals surface area contributed by atoms with Crippen molar-refractivity contribution in [1.82, 2.24) is 0 Å². The Kier molecular flexibility index (Phi) is 5.18. The van der Waals surface area contributed by atoms with Gasteiger partial charge in [-0.05, 0) is 55.0 Å². The van der Waals surface area contributed by atoms with E-state index in [0.717, 1.165) is 36.1 Å². The van der Waals surface area contributed by atoms with Crippen LogP contribution in [0.15, 0.2) is 24.3 Å². The number of methoxy groups -OCH3 is 1. The minimum atomic E-state index is -0.429. The van der Waals surface area contributed by atoms with Crippen LogP contribution in [0.4, 0.5) is 9.39 Å². The van der Waals surface area contributed by atoms with E-state index in [1.165, 1.54) is 42.7 Å². The molecular formula is C19H20FNO3S. The second-order valence-electron chi connectivity index (χ2n) is 6.18. The molecule has 25 heavy (non-hydrogen) atoms. The molecule has 1 aromatic heterocycles. The Bertz CT molecular complexity index is 798. The summed E-state index contributed by atoms with van der Waals surface area (Å²) in [6.07, 6.45) is 3.88. The molecule has 1 N–H and O–H groups in total. The normalized spacial score (nSPS) is 16.2. The number of carbonyl (C=O) groups excluding carboxylic acids is 2. The number of halogens is 1. The third-order valence-corrected chi connectivity index (χ3v) is 5.84. The summed E-state index contributed by atoms with van der Waals surface area (Å²) in [5, 5.41) is 3.32. The van der Waals surface area contributed by atoms with Crippen molar-refractivity contribution in [2.24, 2.45) is 5.92 Å². The van der Waals surface area contributed by atoms with Crippen LogP contribution in [0.1, 0.15) is 50.9 Å². The van der Waals surface area contributed by atoms with Crippen LogP contribution in [0.25, 0.3) is 0 Å². The predicted octanol–water partition coefficient (Wildman–Crippen LogP) is 4.44. The minimum absolute atomic E-state index is 0.343. The highest BCUT2D eigenvalue weighted by Gasteiger charge is 2.29. The molecule has 0 aliphatic heterocycles. The number of fused-ring (bicyclic) bond motifs is 1. The monoisotopic (exact) mass is 361 g/mol. The molecule has 1 heterocycles. The lowest BCUT2D eigenvalue weighted by Crippen LogP contribution is -2.16. The predicted molar refractivity (Wildman–Crippen MR) is 95.8 cm³/mol. The first-order valence-corrected chi connectivity index (χ1v) is 9.14. The summed E-state index contributed by atoms with van der Waals surface area (Å²) in [4.78, 5) is 25.9. The van der Waals surface area contributed by atoms with Gasteiger partial charge in [0.15, 0.2) is 0 Å². The van der Waals surface area contributed by atoms with Gasteiger partial charge in [-0.25, -0.2) is 9.18 Å². The highest BCUT2D eigenvalue weighted by Crippen LogP contribution is 2.40. The van der Waals surface area contributed by atoms with Gasteiger partial charge in [0.2, 0.25) is 0 Å². The molecule has 1 aliphatic rings. The van der Waals surface area contributed by atoms with E-state index in [-0.39, 0.29) is 5.91 Å². The van der Waals surface area contributed by atoms with Crippen molar-refractivity contribution in [3.63, 3.8) is 0 Å². The fraction of sp³-hybridized carbons (Fsp3) is 0.368. The molecule has 0 fully saturated rings. The van der Waals surface area contributed by atoms with Gasteiger partial charge < -0.3 is 10.1 Å². The average molecular weight is 361 g/mol. The second kappa shape index (κ2) is 7.35. The van der Waals surface area contributed by atoms with Crippen molar-refractivity contribution < 1.29 is 18.7 Å². The second-order valence-corrected chi connectivity index (χ2v) is 7.28. The van der Waals surface area contributed by atoms with Crippen LogP contribution in [0.2, 0.25) is 0 Å². The van der Waals surface area contributed by atoms with Crippen molar-refractivity contribution in [3.05, 3.63) is 51.7 Å². The zero-order valence-electron chi connectivity index (χ0n) is 14.2. The Balaban J connectivity index is 1.92. The SMILES string of the molecule is CC[C@H]1CCc2c(sc(NC(=O)c3ccc(F)cc3)c2C(=O)OC)C1. The van der Waals surface area contributed by atoms with Gasteiger partial charge >= 0.3 is 5.97 Å². The number of rotatable bonds is 4. The summed E-state index contributed by atoms with van der Waals surface area (Å²) in [7, 11) is 1.34. The van der Waals surface area contributed by atoms with E-state index >= 15 is 0 Å². The van der Waals surface area contributed by atoms with Gasteiger partial charge in [0.1, 0.15) is 10.8 Å². The quantitative estimate of drug-likeness (QED) is 0.819. The van der Waals surface area contributed by atoms with Crippen molar-refractivity contribution in [1.29, 1.82) is 0 Å². The zero-order chi connectivity index (χ0) is 18.0. The van der Waals surface area contributed by atoms with E-state index in [1.807, 2.05) is 0 Å². The van der Waals surface area contributed by atoms with E-state index in [2.05, 4.69) is 12.2 Å². The standard InChI is InChI=1S/C19H20FNO3S/c1-3-11-4-9-14-15(10-11)25-18(16(14)19(23)24-2)21-17(22)12-5-7-13(20)8-6-12/h5-8,11H,3-4,9-10H2,1-2H3,(H,21,22)/t11-/m0/s1. The molecule has 132 valence electrons. The summed E-state index contributed by atoms with van der Waals surface area (Å²) in [5.74, 6) is -0.584. The number of anilines is 1. The van der Waals surface area contributed by atoms with Gasteiger partial charge in [0.25, 0.3) is 5.91 Å². The van der Waals surface area contributed by atoms with E-state index in [0.29, 0.717) is 22.0 Å². The molecule has 1 aromatic carbocycles. The molecule has 4 nitrogen and oxygen atoms in total. The number of esters is 1. The molecular weight excluding hydrogens is 341 g/mol. The van der Waals surface area contributed by atoms with Crippen molar-refractivity contribution in [2.75, 3.05) is 12.4 Å². The largest absolute Gasteiger partial charge is 0.465 e. The van der Waals surface area contributed by atoms with Crippen LogP contribution in [-0.4, -0.2) is 19.0 Å². The maximum atomic E-state index is 13.0. The van der Waals surface area contributed by atoms with Gasteiger partial charge in [-0.2, -0.15) is 0 Å². The fourth-order valence-electron chi connectivity index (χ4n) is 3.19. The molecule has 2 aromatic rings. The number of benzene rings is 1. The van der Waals surface area contributed by atoms with E-state index in [1.54, 1.807) is 0 Å². The van der Waals surface area contributed by atoms with Crippen molar-refractivity contribution >= 4 is 28.2 Å². The van der Waals surface area contributed by atoms with Gasteiger partial charge in [0, 0.05) is 10.4 Å². The summed E-state index contributed by atoms with van der Waals surface area (Å²) < 4.78 is 18.0. The maximum absolute atomic E-state index is 13.0. The lowest BCUT2D eigenvalue weighted by Gasteiger charge is -2.20. The van der Waals surface area contributed by atoms with Crippen molar-refractivity contribution in [3.8, 4) is 0 Å². The number of amides is 1. The van der Waals surface area contributed by atoms with Crippen LogP contribution in [0.3, 0.4) is 0 Å². The van der Waals surface area contributed by atoms with Crippen LogP contribution >= 0.6 is 11.3 Å². The van der Waals surface area contributed by atoms with Gasteiger partial charge in [-0.15, -0.1) is 11.3 Å². The lowest BCUT2D eigenvalue weighted by molar-refractivity contribution is 0.0601. The van der Waals surface area contributed by atoms with Crippen LogP contribution < -0.4 is 5.32 Å². The lowest BCUT2D eigenvalue weighted by atomic mass is 9.85. The molecule has 3 rings (SSSR count). The molecule has 1 amide bonds. The van der Waals surface area contributed by atoms with Crippen molar-refractivity contribution in [2.45, 2.75) is 32.6 Å². The molecule has 1 atom stereocenters. The Labute approximate surface area is 150 Å². The van der Waals surface area contributed by atoms with Gasteiger partial charge in [-0.1, -0.05) is 13.3 Å². The number of thiophene rings is 1. The highest BCUT2D eigenvalue weighted by atomic mass is 32.1. The van der Waals surface area contributed by atoms with Crippen LogP contribution in [-0.2, 0) is 17.6 Å². The maximum Gasteiger partial charge on any atom is 0.341 e. The number of hydrogen-bond donors (Lipinski definition) is 1. The summed E-state index contributed by atoms with van der Waals surface area (Å²) >= 11 is 1.44. The third-order valence-electron chi connectivity index (χ3n) is 4.67. The van der Waals surface area contributed by atoms with E-state index in [9.17, 15) is 14.0 Å². The van der Waals surface area contributed by atoms with E-state index in [4.69, 9.17) is 4.74 Å². The molecule has 0 spiro atoms. The first-order valence-electron chi connectivity index (χ1n) is 8.33. The summed E-state index contributed by atoms with van der Waals surface area (Å²) in [6, 6.07) is 5.31. The van der Waals surface area contributed by atoms with E-state index < -0.39 is 11.8 Å². The third kappa shape index (κ3) is 3.58. The average Bonchev–Trinajstić information content (AvgIpc) is 2.98. The fourth-order valence-corrected chi connectivity index (χ4v) is 4.53. The highest BCUT2D eigenvalue weighted by molar-refractivity contribution is 7.17. The zero-order valence-corrected chi connectivity index (χ0v) is 15.0. The Hall–Kier alpha value is -2.21. The smallest absolute Gasteiger partial charge is 0.341 e. The number of ether oxygens (including phenoxy) is 1. The Morgan fingerprint density at radius 3 is 2.68 bits per heavy atom. The summed E-state index contributed by atoms with van der Waals surface area (Å²) in [5.41, 5.74) is 1.80. The Morgan fingerprint density at radius 2 is 2.04 bits per heavy atom. The Morgan fingerprint density at radius 1 is 1.32 bits per heavy atom. The van der Waals surface area contributed by atoms with Gasteiger partial charge in [0.05, 0.1) is 12.7 Å². The summed E-state index contributed by atoms with van der Waals surface area (Å²) in [6.45, 7) is 2.17.